The molecule has 4 aliphatic rings. The molecule has 34 heavy (non-hydrogen) atoms. The maximum Gasteiger partial charge on any atom is 0.251 e. The van der Waals surface area contributed by atoms with Gasteiger partial charge in [0.1, 0.15) is 5.65 Å². The molecule has 0 radical (unpaired) electrons. The van der Waals surface area contributed by atoms with Gasteiger partial charge in [-0.05, 0) is 98.6 Å². The number of pyridine rings is 1. The summed E-state index contributed by atoms with van der Waals surface area (Å²) >= 11 is 0. The summed E-state index contributed by atoms with van der Waals surface area (Å²) in [6.45, 7) is 2.93. The third-order valence-electron chi connectivity index (χ3n) is 8.28. The predicted octanol–water partition coefficient (Wildman–Crippen LogP) is 4.41. The summed E-state index contributed by atoms with van der Waals surface area (Å²) in [6, 6.07) is 11.6. The van der Waals surface area contributed by atoms with E-state index in [0.717, 1.165) is 59.5 Å². The van der Waals surface area contributed by atoms with Crippen LogP contribution in [0.2, 0.25) is 0 Å². The summed E-state index contributed by atoms with van der Waals surface area (Å²) < 4.78 is 1.96. The molecule has 4 aliphatic carbocycles. The van der Waals surface area contributed by atoms with Crippen molar-refractivity contribution >= 4 is 17.5 Å². The molecule has 6 heteroatoms. The lowest BCUT2D eigenvalue weighted by Crippen LogP contribution is -2.53. The Morgan fingerprint density at radius 3 is 2.32 bits per heavy atom. The molecule has 2 aromatic heterocycles. The number of carbonyl (C=O) groups is 2. The van der Waals surface area contributed by atoms with Gasteiger partial charge < -0.3 is 15.0 Å². The highest BCUT2D eigenvalue weighted by Crippen LogP contribution is 2.60. The Labute approximate surface area is 200 Å². The van der Waals surface area contributed by atoms with E-state index in [4.69, 9.17) is 0 Å². The van der Waals surface area contributed by atoms with Crippen molar-refractivity contribution in [3.05, 3.63) is 71.2 Å². The molecule has 0 aliphatic heterocycles. The van der Waals surface area contributed by atoms with Crippen molar-refractivity contribution in [1.82, 2.24) is 20.0 Å². The van der Waals surface area contributed by atoms with Gasteiger partial charge in [-0.2, -0.15) is 0 Å². The Bertz CT molecular complexity index is 1210. The van der Waals surface area contributed by atoms with Gasteiger partial charge in [0.05, 0.1) is 12.2 Å². The summed E-state index contributed by atoms with van der Waals surface area (Å²) in [5.41, 5.74) is 4.36. The zero-order chi connectivity index (χ0) is 23.3. The molecule has 2 heterocycles. The van der Waals surface area contributed by atoms with Crippen molar-refractivity contribution in [3.8, 4) is 0 Å². The van der Waals surface area contributed by atoms with Crippen molar-refractivity contribution in [1.29, 1.82) is 0 Å². The second kappa shape index (κ2) is 8.26. The van der Waals surface area contributed by atoms with Crippen LogP contribution in [0.3, 0.4) is 0 Å². The van der Waals surface area contributed by atoms with Crippen LogP contribution in [0.15, 0.2) is 48.8 Å². The normalized spacial score (nSPS) is 27.1. The largest absolute Gasteiger partial charge is 0.352 e. The summed E-state index contributed by atoms with van der Waals surface area (Å²) in [6.07, 6.45) is 11.2. The number of aryl methyl sites for hydroxylation is 1. The predicted molar refractivity (Wildman–Crippen MR) is 130 cm³/mol. The van der Waals surface area contributed by atoms with Crippen molar-refractivity contribution in [2.75, 3.05) is 0 Å². The third kappa shape index (κ3) is 3.99. The smallest absolute Gasteiger partial charge is 0.251 e. The minimum Gasteiger partial charge on any atom is -0.352 e. The SMILES string of the molecule is Cc1ccn2cc(CNC(=O)c3ccc(CNC(=O)C45CC6CC(CC(C6)C4)C5)cc3)nc2c1. The van der Waals surface area contributed by atoms with E-state index in [1.807, 2.05) is 60.1 Å². The molecule has 176 valence electrons. The van der Waals surface area contributed by atoms with Crippen molar-refractivity contribution in [2.24, 2.45) is 23.2 Å². The highest BCUT2D eigenvalue weighted by molar-refractivity contribution is 5.94. The fraction of sp³-hybridized carbons (Fsp3) is 0.464. The van der Waals surface area contributed by atoms with Gasteiger partial charge >= 0.3 is 0 Å². The summed E-state index contributed by atoms with van der Waals surface area (Å²) in [5, 5.41) is 6.17. The van der Waals surface area contributed by atoms with Gasteiger partial charge in [0, 0.05) is 29.9 Å². The number of carbonyl (C=O) groups excluding carboxylic acids is 2. The molecule has 3 aromatic rings. The number of amides is 2. The fourth-order valence-corrected chi connectivity index (χ4v) is 7.03. The van der Waals surface area contributed by atoms with Crippen LogP contribution in [-0.2, 0) is 17.9 Å². The molecule has 2 N–H and O–H groups in total. The number of imidazole rings is 1. The second-order valence-electron chi connectivity index (χ2n) is 11.0. The topological polar surface area (TPSA) is 75.5 Å². The fourth-order valence-electron chi connectivity index (χ4n) is 7.03. The average molecular weight is 457 g/mol. The number of aromatic nitrogens is 2. The first-order valence-electron chi connectivity index (χ1n) is 12.6. The van der Waals surface area contributed by atoms with Crippen LogP contribution < -0.4 is 10.6 Å². The molecular formula is C28H32N4O2. The van der Waals surface area contributed by atoms with Crippen LogP contribution in [0, 0.1) is 30.1 Å². The van der Waals surface area contributed by atoms with E-state index in [1.54, 1.807) is 0 Å². The third-order valence-corrected chi connectivity index (χ3v) is 8.28. The minimum atomic E-state index is -0.127. The highest BCUT2D eigenvalue weighted by atomic mass is 16.2. The average Bonchev–Trinajstić information content (AvgIpc) is 3.22. The quantitative estimate of drug-likeness (QED) is 0.577. The second-order valence-corrected chi connectivity index (χ2v) is 11.0. The van der Waals surface area contributed by atoms with Gasteiger partial charge in [-0.25, -0.2) is 4.98 Å². The maximum atomic E-state index is 13.2. The lowest BCUT2D eigenvalue weighted by molar-refractivity contribution is -0.146. The van der Waals surface area contributed by atoms with Gasteiger partial charge in [-0.3, -0.25) is 9.59 Å². The molecule has 0 spiro atoms. The first-order chi connectivity index (χ1) is 16.5. The standard InChI is InChI=1S/C28H32N4O2/c1-18-6-7-32-17-24(31-25(32)8-18)16-29-26(33)23-4-2-19(3-5-23)15-30-27(34)28-12-20-9-21(13-28)11-22(10-20)14-28/h2-8,17,20-22H,9-16H2,1H3,(H,29,33)(H,30,34). The van der Waals surface area contributed by atoms with E-state index in [1.165, 1.54) is 19.3 Å². The van der Waals surface area contributed by atoms with E-state index >= 15 is 0 Å². The van der Waals surface area contributed by atoms with Gasteiger partial charge in [0.25, 0.3) is 5.91 Å². The van der Waals surface area contributed by atoms with Gasteiger partial charge in [0.15, 0.2) is 0 Å². The van der Waals surface area contributed by atoms with Crippen LogP contribution in [-0.4, -0.2) is 21.2 Å². The Hall–Kier alpha value is -3.15. The molecule has 0 saturated heterocycles. The van der Waals surface area contributed by atoms with Crippen LogP contribution in [0.4, 0.5) is 0 Å². The van der Waals surface area contributed by atoms with E-state index in [-0.39, 0.29) is 17.2 Å². The Morgan fingerprint density at radius 2 is 1.65 bits per heavy atom. The zero-order valence-corrected chi connectivity index (χ0v) is 19.7. The molecular weight excluding hydrogens is 424 g/mol. The van der Waals surface area contributed by atoms with Crippen molar-refractivity contribution in [3.63, 3.8) is 0 Å². The molecule has 0 unspecified atom stereocenters. The van der Waals surface area contributed by atoms with Crippen LogP contribution >= 0.6 is 0 Å². The number of hydrogen-bond donors (Lipinski definition) is 2. The number of nitrogens with zero attached hydrogens (tertiary/aromatic N) is 2. The van der Waals surface area contributed by atoms with E-state index in [0.29, 0.717) is 18.7 Å². The van der Waals surface area contributed by atoms with Crippen molar-refractivity contribution in [2.45, 2.75) is 58.5 Å². The first kappa shape index (κ1) is 21.4. The highest BCUT2D eigenvalue weighted by Gasteiger charge is 2.54. The summed E-state index contributed by atoms with van der Waals surface area (Å²) in [7, 11) is 0. The van der Waals surface area contributed by atoms with Gasteiger partial charge in [0.2, 0.25) is 5.91 Å². The monoisotopic (exact) mass is 456 g/mol. The zero-order valence-electron chi connectivity index (χ0n) is 19.7. The molecule has 7 rings (SSSR count). The lowest BCUT2D eigenvalue weighted by Gasteiger charge is -2.55. The minimum absolute atomic E-state index is 0.120. The number of rotatable bonds is 6. The van der Waals surface area contributed by atoms with E-state index in [2.05, 4.69) is 15.6 Å². The van der Waals surface area contributed by atoms with E-state index in [9.17, 15) is 9.59 Å². The first-order valence-corrected chi connectivity index (χ1v) is 12.6. The van der Waals surface area contributed by atoms with Gasteiger partial charge in [-0.15, -0.1) is 0 Å². The molecule has 0 atom stereocenters. The number of nitrogens with one attached hydrogen (secondary N) is 2. The molecule has 4 fully saturated rings. The van der Waals surface area contributed by atoms with Crippen molar-refractivity contribution < 1.29 is 9.59 Å². The lowest BCUT2D eigenvalue weighted by atomic mass is 9.49. The summed E-state index contributed by atoms with van der Waals surface area (Å²) in [4.78, 5) is 30.3. The Balaban J connectivity index is 1.03. The summed E-state index contributed by atoms with van der Waals surface area (Å²) in [5.74, 6) is 2.41. The molecule has 4 saturated carbocycles. The number of fused-ring (bicyclic) bond motifs is 1. The van der Waals surface area contributed by atoms with Crippen LogP contribution in [0.1, 0.15) is 65.7 Å². The molecule has 1 aromatic carbocycles. The van der Waals surface area contributed by atoms with Gasteiger partial charge in [-0.1, -0.05) is 12.1 Å². The Kier molecular flexibility index (Phi) is 5.19. The molecule has 6 nitrogen and oxygen atoms in total. The molecule has 2 amide bonds. The van der Waals surface area contributed by atoms with Crippen LogP contribution in [0.5, 0.6) is 0 Å². The number of hydrogen-bond acceptors (Lipinski definition) is 3. The van der Waals surface area contributed by atoms with E-state index < -0.39 is 0 Å². The maximum absolute atomic E-state index is 13.2. The Morgan fingerprint density at radius 1 is 0.971 bits per heavy atom. The van der Waals surface area contributed by atoms with Crippen LogP contribution in [0.25, 0.3) is 5.65 Å². The number of benzene rings is 1. The molecule has 4 bridgehead atoms.